The Kier molecular flexibility index (Phi) is 11.4. The lowest BCUT2D eigenvalue weighted by molar-refractivity contribution is -0.900. The van der Waals surface area contributed by atoms with Crippen molar-refractivity contribution in [2.24, 2.45) is 11.8 Å². The van der Waals surface area contributed by atoms with Crippen molar-refractivity contribution >= 4 is 10.1 Å². The Labute approximate surface area is 163 Å². The molecule has 1 heterocycles. The van der Waals surface area contributed by atoms with Crippen molar-refractivity contribution in [1.29, 1.82) is 0 Å². The summed E-state index contributed by atoms with van der Waals surface area (Å²) < 4.78 is 32.4. The summed E-state index contributed by atoms with van der Waals surface area (Å²) in [5.41, 5.74) is 0. The van der Waals surface area contributed by atoms with Gasteiger partial charge >= 0.3 is 0 Å². The molecule has 5 heteroatoms. The van der Waals surface area contributed by atoms with Gasteiger partial charge in [-0.1, -0.05) is 78.1 Å². The molecule has 0 bridgehead atoms. The second-order valence-corrected chi connectivity index (χ2v) is 10.6. The van der Waals surface area contributed by atoms with Crippen LogP contribution in [0.1, 0.15) is 90.9 Å². The number of rotatable bonds is 15. The van der Waals surface area contributed by atoms with Gasteiger partial charge < -0.3 is 4.48 Å². The highest BCUT2D eigenvalue weighted by Crippen LogP contribution is 2.29. The number of hydrogen-bond acceptors (Lipinski definition) is 2. The summed E-state index contributed by atoms with van der Waals surface area (Å²) in [4.78, 5) is 0. The second kappa shape index (κ2) is 12.4. The van der Waals surface area contributed by atoms with Gasteiger partial charge in [0.1, 0.15) is 0 Å². The van der Waals surface area contributed by atoms with E-state index >= 15 is 0 Å². The normalized spacial score (nSPS) is 26.5. The van der Waals surface area contributed by atoms with Crippen LogP contribution in [0.3, 0.4) is 0 Å². The molecule has 26 heavy (non-hydrogen) atoms. The minimum Gasteiger partial charge on any atom is -0.326 e. The van der Waals surface area contributed by atoms with E-state index in [0.717, 1.165) is 24.1 Å². The number of unbranched alkanes of at least 4 members (excludes halogenated alkanes) is 11. The average Bonchev–Trinajstić information content (AvgIpc) is 2.81. The largest absolute Gasteiger partial charge is 0.326 e. The summed E-state index contributed by atoms with van der Waals surface area (Å²) in [7, 11) is -1.60. The number of hydrogen-bond donors (Lipinski definition) is 1. The predicted octanol–water partition coefficient (Wildman–Crippen LogP) is 5.29. The Hall–Kier alpha value is -0.130. The van der Waals surface area contributed by atoms with Gasteiger partial charge in [0.2, 0.25) is 0 Å². The van der Waals surface area contributed by atoms with Crippen LogP contribution in [0, 0.1) is 11.8 Å². The summed E-state index contributed by atoms with van der Waals surface area (Å²) >= 11 is 0. The zero-order chi connectivity index (χ0) is 19.5. The fourth-order valence-electron chi connectivity index (χ4n) is 4.67. The summed E-state index contributed by atoms with van der Waals surface area (Å²) in [6, 6.07) is 0. The third-order valence-electron chi connectivity index (χ3n) is 6.18. The van der Waals surface area contributed by atoms with E-state index in [1.165, 1.54) is 77.0 Å². The molecule has 0 radical (unpaired) electrons. The van der Waals surface area contributed by atoms with E-state index in [9.17, 15) is 8.42 Å². The molecule has 0 aromatic carbocycles. The third kappa shape index (κ3) is 10.9. The van der Waals surface area contributed by atoms with Crippen molar-refractivity contribution in [2.75, 3.05) is 32.4 Å². The Morgan fingerprint density at radius 1 is 0.846 bits per heavy atom. The fourth-order valence-corrected chi connectivity index (χ4v) is 5.64. The highest BCUT2D eigenvalue weighted by Gasteiger charge is 2.41. The molecule has 0 aromatic heterocycles. The Bertz CT molecular complexity index is 466. The summed E-state index contributed by atoms with van der Waals surface area (Å²) in [5, 5.41) is 0. The molecule has 1 aliphatic heterocycles. The monoisotopic (exact) mass is 390 g/mol. The Morgan fingerprint density at radius 3 is 1.77 bits per heavy atom. The predicted molar refractivity (Wildman–Crippen MR) is 111 cm³/mol. The van der Waals surface area contributed by atoms with Crippen LogP contribution >= 0.6 is 0 Å². The van der Waals surface area contributed by atoms with Crippen molar-refractivity contribution in [3.8, 4) is 0 Å². The minimum atomic E-state index is -3.85. The maximum atomic E-state index is 11.2. The second-order valence-electron chi connectivity index (χ2n) is 9.08. The van der Waals surface area contributed by atoms with E-state index in [1.807, 2.05) is 0 Å². The SMILES string of the molecule is CCCCCCCCCCCCCC[N+]1(C)C[C@H](CS(=O)(=O)O)[C@H](C)C1. The van der Waals surface area contributed by atoms with Gasteiger partial charge in [-0.3, -0.25) is 4.55 Å². The van der Waals surface area contributed by atoms with Crippen molar-refractivity contribution in [1.82, 2.24) is 0 Å². The van der Waals surface area contributed by atoms with E-state index in [1.54, 1.807) is 0 Å². The van der Waals surface area contributed by atoms with Crippen LogP contribution in [-0.4, -0.2) is 49.9 Å². The van der Waals surface area contributed by atoms with Crippen LogP contribution in [-0.2, 0) is 10.1 Å². The lowest BCUT2D eigenvalue weighted by atomic mass is 10.0. The van der Waals surface area contributed by atoms with Gasteiger partial charge in [-0.25, -0.2) is 0 Å². The van der Waals surface area contributed by atoms with Gasteiger partial charge in [0, 0.05) is 11.8 Å². The first kappa shape index (κ1) is 23.9. The standard InChI is InChI=1S/C21H43NO3S/c1-4-5-6-7-8-9-10-11-12-13-14-15-16-22(3)17-20(2)21(18-22)19-26(23,24)25/h20-21H,4-19H2,1-3H3/p+1/t20-,21-,22?/m1/s1. The van der Waals surface area contributed by atoms with Crippen LogP contribution in [0.25, 0.3) is 0 Å². The van der Waals surface area contributed by atoms with Crippen LogP contribution in [0.5, 0.6) is 0 Å². The summed E-state index contributed by atoms with van der Waals surface area (Å²) in [6.07, 6.45) is 16.4. The third-order valence-corrected chi connectivity index (χ3v) is 7.03. The molecule has 3 atom stereocenters. The maximum Gasteiger partial charge on any atom is 0.265 e. The van der Waals surface area contributed by atoms with E-state index in [2.05, 4.69) is 20.9 Å². The molecular weight excluding hydrogens is 346 g/mol. The molecule has 0 saturated carbocycles. The molecule has 4 nitrogen and oxygen atoms in total. The molecule has 1 rings (SSSR count). The molecule has 0 spiro atoms. The van der Waals surface area contributed by atoms with E-state index < -0.39 is 10.1 Å². The highest BCUT2D eigenvalue weighted by molar-refractivity contribution is 7.85. The Morgan fingerprint density at radius 2 is 1.31 bits per heavy atom. The molecule has 1 fully saturated rings. The van der Waals surface area contributed by atoms with Gasteiger partial charge in [-0.15, -0.1) is 0 Å². The molecule has 1 aliphatic rings. The zero-order valence-corrected chi connectivity index (χ0v) is 18.4. The molecule has 1 N–H and O–H groups in total. The minimum absolute atomic E-state index is 0.0690. The van der Waals surface area contributed by atoms with Gasteiger partial charge in [0.05, 0.1) is 32.4 Å². The quantitative estimate of drug-likeness (QED) is 0.235. The van der Waals surface area contributed by atoms with E-state index in [0.29, 0.717) is 5.92 Å². The summed E-state index contributed by atoms with van der Waals surface area (Å²) in [6.45, 7) is 7.47. The topological polar surface area (TPSA) is 54.4 Å². The lowest BCUT2D eigenvalue weighted by Crippen LogP contribution is -2.43. The van der Waals surface area contributed by atoms with Gasteiger partial charge in [-0.05, 0) is 12.8 Å². The lowest BCUT2D eigenvalue weighted by Gasteiger charge is -2.30. The molecule has 0 amide bonds. The van der Waals surface area contributed by atoms with Crippen LogP contribution in [0.15, 0.2) is 0 Å². The van der Waals surface area contributed by atoms with Gasteiger partial charge in [0.25, 0.3) is 10.1 Å². The molecule has 0 aliphatic carbocycles. The number of nitrogens with zero attached hydrogens (tertiary/aromatic N) is 1. The van der Waals surface area contributed by atoms with Gasteiger partial charge in [-0.2, -0.15) is 8.42 Å². The van der Waals surface area contributed by atoms with Crippen LogP contribution in [0.4, 0.5) is 0 Å². The van der Waals surface area contributed by atoms with Crippen molar-refractivity contribution in [3.63, 3.8) is 0 Å². The van der Waals surface area contributed by atoms with E-state index in [4.69, 9.17) is 4.55 Å². The van der Waals surface area contributed by atoms with Crippen LogP contribution < -0.4 is 0 Å². The number of likely N-dealkylation sites (tertiary alicyclic amines) is 1. The smallest absolute Gasteiger partial charge is 0.265 e. The van der Waals surface area contributed by atoms with Crippen LogP contribution in [0.2, 0.25) is 0 Å². The van der Waals surface area contributed by atoms with Crippen molar-refractivity contribution in [2.45, 2.75) is 90.9 Å². The highest BCUT2D eigenvalue weighted by atomic mass is 32.2. The molecule has 1 unspecified atom stereocenters. The van der Waals surface area contributed by atoms with Crippen molar-refractivity contribution in [3.05, 3.63) is 0 Å². The van der Waals surface area contributed by atoms with E-state index in [-0.39, 0.29) is 11.7 Å². The first-order valence-electron chi connectivity index (χ1n) is 11.0. The average molecular weight is 391 g/mol. The van der Waals surface area contributed by atoms with Gasteiger partial charge in [0.15, 0.2) is 0 Å². The first-order valence-corrected chi connectivity index (χ1v) is 12.7. The first-order chi connectivity index (χ1) is 12.3. The molecule has 0 aromatic rings. The molecule has 156 valence electrons. The maximum absolute atomic E-state index is 11.2. The summed E-state index contributed by atoms with van der Waals surface area (Å²) in [5.74, 6) is 0.409. The molecule has 1 saturated heterocycles. The molecular formula is C21H44NO3S+. The fraction of sp³-hybridized carbons (Fsp3) is 1.00. The number of quaternary nitrogens is 1. The Balaban J connectivity index is 2.02. The van der Waals surface area contributed by atoms with Crippen molar-refractivity contribution < 1.29 is 17.5 Å². The zero-order valence-electron chi connectivity index (χ0n) is 17.6.